The van der Waals surface area contributed by atoms with Crippen molar-refractivity contribution in [3.63, 3.8) is 0 Å². The van der Waals surface area contributed by atoms with Gasteiger partial charge in [0, 0.05) is 36.8 Å². The molecule has 0 unspecified atom stereocenters. The number of pyridine rings is 1. The van der Waals surface area contributed by atoms with Crippen molar-refractivity contribution in [2.45, 2.75) is 0 Å². The van der Waals surface area contributed by atoms with Crippen LogP contribution in [-0.4, -0.2) is 45.0 Å². The number of nitrogen functional groups attached to an aromatic ring is 1. The maximum atomic E-state index is 12.2. The van der Waals surface area contributed by atoms with Gasteiger partial charge in [0.1, 0.15) is 17.3 Å². The number of fused-ring (bicyclic) bond motifs is 1. The minimum atomic E-state index is -0.229. The molecule has 28 heavy (non-hydrogen) atoms. The monoisotopic (exact) mass is 377 g/mol. The van der Waals surface area contributed by atoms with E-state index in [1.54, 1.807) is 18.8 Å². The van der Waals surface area contributed by atoms with Crippen LogP contribution in [0.3, 0.4) is 0 Å². The summed E-state index contributed by atoms with van der Waals surface area (Å²) in [5, 5.41) is 11.4. The number of hydrogen-bond donors (Lipinski definition) is 3. The van der Waals surface area contributed by atoms with Crippen molar-refractivity contribution in [1.82, 2.24) is 30.3 Å². The highest BCUT2D eigenvalue weighted by molar-refractivity contribution is 6.09. The molecule has 0 aliphatic rings. The number of rotatable bonds is 4. The van der Waals surface area contributed by atoms with Gasteiger partial charge >= 0.3 is 0 Å². The third kappa shape index (κ3) is 2.82. The lowest BCUT2D eigenvalue weighted by atomic mass is 10.1. The topological polar surface area (TPSA) is 124 Å². The molecule has 0 fully saturated rings. The largest absolute Gasteiger partial charge is 0.496 e. The van der Waals surface area contributed by atoms with Gasteiger partial charge in [0.2, 0.25) is 0 Å². The number of hydrogen-bond acceptors (Lipinski definition) is 6. The van der Waals surface area contributed by atoms with Crippen LogP contribution in [0.5, 0.6) is 5.75 Å². The summed E-state index contributed by atoms with van der Waals surface area (Å²) >= 11 is 0. The van der Waals surface area contributed by atoms with Crippen molar-refractivity contribution < 1.29 is 9.53 Å². The lowest BCUT2D eigenvalue weighted by Gasteiger charge is -2.08. The first-order chi connectivity index (χ1) is 13.5. The Morgan fingerprint density at radius 3 is 2.82 bits per heavy atom. The number of aryl methyl sites for hydroxylation is 1. The Morgan fingerprint density at radius 1 is 1.32 bits per heavy atom. The van der Waals surface area contributed by atoms with E-state index in [-0.39, 0.29) is 5.91 Å². The molecule has 0 radical (unpaired) electrons. The van der Waals surface area contributed by atoms with E-state index in [1.165, 1.54) is 6.20 Å². The van der Waals surface area contributed by atoms with Crippen LogP contribution in [-0.2, 0) is 7.05 Å². The number of nitrogens with two attached hydrogens (primary N) is 1. The number of nitrogens with one attached hydrogen (secondary N) is 2. The number of ether oxygens (including phenoxy) is 1. The molecule has 4 N–H and O–H groups in total. The van der Waals surface area contributed by atoms with Crippen molar-refractivity contribution in [1.29, 1.82) is 0 Å². The van der Waals surface area contributed by atoms with E-state index in [0.717, 1.165) is 22.5 Å². The molecule has 142 valence electrons. The van der Waals surface area contributed by atoms with E-state index in [4.69, 9.17) is 10.5 Å². The molecule has 9 heteroatoms. The first-order valence-corrected chi connectivity index (χ1v) is 8.56. The van der Waals surface area contributed by atoms with E-state index in [0.29, 0.717) is 28.0 Å². The minimum absolute atomic E-state index is 0.229. The van der Waals surface area contributed by atoms with E-state index in [2.05, 4.69) is 25.6 Å². The van der Waals surface area contributed by atoms with Crippen LogP contribution in [0.1, 0.15) is 10.4 Å². The zero-order valence-corrected chi connectivity index (χ0v) is 15.6. The number of anilines is 1. The Hall–Kier alpha value is -3.88. The highest BCUT2D eigenvalue weighted by Crippen LogP contribution is 2.36. The molecule has 0 aliphatic heterocycles. The predicted molar refractivity (Wildman–Crippen MR) is 106 cm³/mol. The number of amides is 1. The number of carbonyl (C=O) groups is 1. The number of H-pyrrole nitrogens is 1. The third-order valence-electron chi connectivity index (χ3n) is 4.56. The molecule has 0 saturated carbocycles. The van der Waals surface area contributed by atoms with E-state index < -0.39 is 0 Å². The van der Waals surface area contributed by atoms with Crippen molar-refractivity contribution >= 4 is 22.6 Å². The number of carbonyl (C=O) groups excluding carboxylic acids is 1. The van der Waals surface area contributed by atoms with E-state index in [1.807, 2.05) is 37.5 Å². The first kappa shape index (κ1) is 17.5. The summed E-state index contributed by atoms with van der Waals surface area (Å²) in [6, 6.07) is 7.63. The van der Waals surface area contributed by atoms with Crippen LogP contribution in [0.4, 0.5) is 5.82 Å². The Kier molecular flexibility index (Phi) is 4.19. The van der Waals surface area contributed by atoms with E-state index >= 15 is 0 Å². The number of aromatic amines is 1. The van der Waals surface area contributed by atoms with Gasteiger partial charge in [-0.2, -0.15) is 0 Å². The summed E-state index contributed by atoms with van der Waals surface area (Å²) < 4.78 is 7.24. The fourth-order valence-electron chi connectivity index (χ4n) is 3.15. The number of benzene rings is 1. The quantitative estimate of drug-likeness (QED) is 0.500. The Morgan fingerprint density at radius 2 is 2.14 bits per heavy atom. The molecule has 0 aliphatic carbocycles. The van der Waals surface area contributed by atoms with Crippen LogP contribution in [0.15, 0.2) is 36.7 Å². The van der Waals surface area contributed by atoms with Gasteiger partial charge in [0.05, 0.1) is 30.1 Å². The molecule has 3 heterocycles. The molecule has 1 amide bonds. The third-order valence-corrected chi connectivity index (χ3v) is 4.56. The smallest absolute Gasteiger partial charge is 0.253 e. The Bertz CT molecular complexity index is 1190. The van der Waals surface area contributed by atoms with Gasteiger partial charge in [-0.1, -0.05) is 11.3 Å². The van der Waals surface area contributed by atoms with Gasteiger partial charge in [0.25, 0.3) is 5.91 Å². The average Bonchev–Trinajstić information content (AvgIpc) is 3.34. The van der Waals surface area contributed by atoms with Gasteiger partial charge < -0.3 is 20.8 Å². The molecular formula is C19H19N7O2. The van der Waals surface area contributed by atoms with Gasteiger partial charge in [-0.25, -0.2) is 4.98 Å². The highest BCUT2D eigenvalue weighted by atomic mass is 16.5. The molecule has 1 aromatic carbocycles. The van der Waals surface area contributed by atoms with Gasteiger partial charge in [-0.15, -0.1) is 5.10 Å². The van der Waals surface area contributed by atoms with Crippen molar-refractivity contribution in [3.8, 4) is 28.3 Å². The van der Waals surface area contributed by atoms with Crippen LogP contribution in [0.2, 0.25) is 0 Å². The molecule has 4 rings (SSSR count). The molecule has 3 aromatic heterocycles. The van der Waals surface area contributed by atoms with Gasteiger partial charge in [-0.3, -0.25) is 9.48 Å². The van der Waals surface area contributed by atoms with Gasteiger partial charge in [-0.05, 0) is 18.2 Å². The molecule has 0 bridgehead atoms. The summed E-state index contributed by atoms with van der Waals surface area (Å²) in [5.74, 6) is 0.750. The second-order valence-electron chi connectivity index (χ2n) is 6.30. The maximum absolute atomic E-state index is 12.2. The number of aromatic nitrogens is 5. The highest BCUT2D eigenvalue weighted by Gasteiger charge is 2.17. The Labute approximate surface area is 160 Å². The summed E-state index contributed by atoms with van der Waals surface area (Å²) in [6.45, 7) is 0. The molecule has 0 saturated heterocycles. The average molecular weight is 377 g/mol. The molecule has 4 aromatic rings. The lowest BCUT2D eigenvalue weighted by molar-refractivity contribution is 0.0964. The van der Waals surface area contributed by atoms with Crippen LogP contribution in [0.25, 0.3) is 33.4 Å². The fourth-order valence-corrected chi connectivity index (χ4v) is 3.15. The van der Waals surface area contributed by atoms with Crippen LogP contribution < -0.4 is 15.8 Å². The number of methoxy groups -OCH3 is 1. The molecule has 9 nitrogen and oxygen atoms in total. The van der Waals surface area contributed by atoms with Gasteiger partial charge in [0.15, 0.2) is 0 Å². The summed E-state index contributed by atoms with van der Waals surface area (Å²) in [5.41, 5.74) is 10.3. The Balaban J connectivity index is 1.85. The van der Waals surface area contributed by atoms with E-state index in [9.17, 15) is 4.79 Å². The standard InChI is InChI=1S/C19H19N7O2/c1-21-19(27)13-8-22-18(20)17-12(13)7-14(23-17)11-5-4-10(6-16(11)28-3)15-9-26(2)25-24-15/h4-9,23H,1-3H3,(H2,20,22)(H,21,27). The summed E-state index contributed by atoms with van der Waals surface area (Å²) in [6.07, 6.45) is 3.31. The molecule has 0 atom stereocenters. The van der Waals surface area contributed by atoms with Crippen molar-refractivity contribution in [2.24, 2.45) is 7.05 Å². The zero-order valence-electron chi connectivity index (χ0n) is 15.6. The van der Waals surface area contributed by atoms with Crippen LogP contribution >= 0.6 is 0 Å². The second kappa shape index (κ2) is 6.69. The summed E-state index contributed by atoms with van der Waals surface area (Å²) in [7, 11) is 5.00. The SMILES string of the molecule is CNC(=O)c1cnc(N)c2[nH]c(-c3ccc(-c4cn(C)nn4)cc3OC)cc12. The maximum Gasteiger partial charge on any atom is 0.253 e. The predicted octanol–water partition coefficient (Wildman–Crippen LogP) is 1.98. The second-order valence-corrected chi connectivity index (χ2v) is 6.30. The fraction of sp³-hybridized carbons (Fsp3) is 0.158. The first-order valence-electron chi connectivity index (χ1n) is 8.56. The van der Waals surface area contributed by atoms with Crippen LogP contribution in [0, 0.1) is 0 Å². The molecular weight excluding hydrogens is 358 g/mol. The summed E-state index contributed by atoms with van der Waals surface area (Å²) in [4.78, 5) is 19.5. The number of nitrogens with zero attached hydrogens (tertiary/aromatic N) is 4. The lowest BCUT2D eigenvalue weighted by Crippen LogP contribution is -2.18. The van der Waals surface area contributed by atoms with Crippen molar-refractivity contribution in [3.05, 3.63) is 42.2 Å². The normalized spacial score (nSPS) is 11.0. The zero-order chi connectivity index (χ0) is 19.8. The molecule has 0 spiro atoms. The van der Waals surface area contributed by atoms with Crippen molar-refractivity contribution in [2.75, 3.05) is 19.9 Å². The minimum Gasteiger partial charge on any atom is -0.496 e.